The summed E-state index contributed by atoms with van der Waals surface area (Å²) in [7, 11) is 0. The molecule has 0 bridgehead atoms. The van der Waals surface area contributed by atoms with Crippen LogP contribution in [0.15, 0.2) is 62.8 Å². The van der Waals surface area contributed by atoms with Gasteiger partial charge >= 0.3 is 0 Å². The molecule has 0 saturated heterocycles. The Bertz CT molecular complexity index is 494. The lowest BCUT2D eigenvalue weighted by Crippen LogP contribution is -1.93. The Hall–Kier alpha value is -0.770. The molecule has 1 N–H and O–H groups in total. The van der Waals surface area contributed by atoms with Crippen LogP contribution in [0.5, 0.6) is 0 Å². The van der Waals surface area contributed by atoms with E-state index < -0.39 is 6.10 Å². The van der Waals surface area contributed by atoms with Crippen LogP contribution in [0, 0.1) is 0 Å². The molecule has 2 aromatic rings. The van der Waals surface area contributed by atoms with E-state index in [1.807, 2.05) is 36.4 Å². The van der Waals surface area contributed by atoms with Crippen molar-refractivity contribution >= 4 is 27.7 Å². The molecule has 1 nitrogen and oxygen atoms in total. The first-order valence-electron chi connectivity index (χ1n) is 5.37. The fourth-order valence-electron chi connectivity index (χ4n) is 1.55. The van der Waals surface area contributed by atoms with Crippen LogP contribution in [0.4, 0.5) is 0 Å². The summed E-state index contributed by atoms with van der Waals surface area (Å²) in [5.74, 6) is 0. The van der Waals surface area contributed by atoms with Crippen molar-refractivity contribution in [3.8, 4) is 0 Å². The van der Waals surface area contributed by atoms with Crippen LogP contribution in [0.2, 0.25) is 0 Å². The van der Waals surface area contributed by atoms with Gasteiger partial charge in [0.15, 0.2) is 0 Å². The summed E-state index contributed by atoms with van der Waals surface area (Å²) in [6.45, 7) is 1.79. The maximum atomic E-state index is 9.71. The number of aliphatic hydroxyl groups is 1. The van der Waals surface area contributed by atoms with Gasteiger partial charge in [0.2, 0.25) is 0 Å². The number of aliphatic hydroxyl groups excluding tert-OH is 1. The molecular formula is C14H13BrOS. The Morgan fingerprint density at radius 2 is 1.71 bits per heavy atom. The fraction of sp³-hybridized carbons (Fsp3) is 0.143. The lowest BCUT2D eigenvalue weighted by atomic mass is 10.1. The predicted octanol–water partition coefficient (Wildman–Crippen LogP) is 4.65. The normalized spacial score (nSPS) is 12.4. The average Bonchev–Trinajstić information content (AvgIpc) is 2.32. The van der Waals surface area contributed by atoms with Crippen molar-refractivity contribution in [1.29, 1.82) is 0 Å². The van der Waals surface area contributed by atoms with Gasteiger partial charge < -0.3 is 5.11 Å². The van der Waals surface area contributed by atoms with E-state index in [0.717, 1.165) is 14.9 Å². The van der Waals surface area contributed by atoms with Gasteiger partial charge in [0.05, 0.1) is 6.10 Å². The summed E-state index contributed by atoms with van der Waals surface area (Å²) in [5.41, 5.74) is 0.973. The van der Waals surface area contributed by atoms with Gasteiger partial charge in [0.1, 0.15) is 0 Å². The second kappa shape index (κ2) is 5.71. The zero-order chi connectivity index (χ0) is 12.3. The van der Waals surface area contributed by atoms with Crippen LogP contribution in [0.1, 0.15) is 18.6 Å². The molecule has 2 rings (SSSR count). The van der Waals surface area contributed by atoms with Crippen molar-refractivity contribution in [3.63, 3.8) is 0 Å². The van der Waals surface area contributed by atoms with E-state index in [0.29, 0.717) is 0 Å². The molecule has 3 heteroatoms. The van der Waals surface area contributed by atoms with Gasteiger partial charge in [-0.25, -0.2) is 0 Å². The Morgan fingerprint density at radius 1 is 1.06 bits per heavy atom. The summed E-state index contributed by atoms with van der Waals surface area (Å²) < 4.78 is 1.07. The Labute approximate surface area is 114 Å². The van der Waals surface area contributed by atoms with E-state index in [1.165, 1.54) is 4.90 Å². The zero-order valence-corrected chi connectivity index (χ0v) is 11.8. The molecular weight excluding hydrogens is 296 g/mol. The molecule has 17 heavy (non-hydrogen) atoms. The molecule has 0 heterocycles. The Kier molecular flexibility index (Phi) is 4.26. The molecule has 0 aromatic heterocycles. The van der Waals surface area contributed by atoms with Crippen LogP contribution >= 0.6 is 27.7 Å². The molecule has 0 radical (unpaired) electrons. The van der Waals surface area contributed by atoms with Crippen molar-refractivity contribution in [2.75, 3.05) is 0 Å². The number of hydrogen-bond donors (Lipinski definition) is 1. The van der Waals surface area contributed by atoms with E-state index in [-0.39, 0.29) is 0 Å². The minimum absolute atomic E-state index is 0.436. The molecule has 0 amide bonds. The quantitative estimate of drug-likeness (QED) is 0.890. The Balaban J connectivity index is 2.26. The summed E-state index contributed by atoms with van der Waals surface area (Å²) in [4.78, 5) is 2.27. The first-order valence-corrected chi connectivity index (χ1v) is 6.98. The molecule has 2 aromatic carbocycles. The van der Waals surface area contributed by atoms with Crippen LogP contribution in [0.25, 0.3) is 0 Å². The third kappa shape index (κ3) is 3.35. The van der Waals surface area contributed by atoms with E-state index in [9.17, 15) is 5.11 Å². The molecule has 1 unspecified atom stereocenters. The summed E-state index contributed by atoms with van der Waals surface area (Å²) in [6.07, 6.45) is -0.436. The second-order valence-electron chi connectivity index (χ2n) is 3.77. The van der Waals surface area contributed by atoms with Gasteiger partial charge in [-0.2, -0.15) is 0 Å². The maximum absolute atomic E-state index is 9.71. The third-order valence-corrected chi connectivity index (χ3v) is 4.04. The molecule has 1 atom stereocenters. The largest absolute Gasteiger partial charge is 0.389 e. The third-order valence-electron chi connectivity index (χ3n) is 2.41. The van der Waals surface area contributed by atoms with Crippen molar-refractivity contribution in [1.82, 2.24) is 0 Å². The number of hydrogen-bond acceptors (Lipinski definition) is 2. The van der Waals surface area contributed by atoms with Crippen molar-refractivity contribution in [3.05, 3.63) is 58.6 Å². The minimum atomic E-state index is -0.436. The molecule has 0 aliphatic rings. The van der Waals surface area contributed by atoms with Crippen molar-refractivity contribution < 1.29 is 5.11 Å². The fourth-order valence-corrected chi connectivity index (χ4v) is 2.84. The summed E-state index contributed by atoms with van der Waals surface area (Å²) in [6, 6.07) is 16.1. The topological polar surface area (TPSA) is 20.2 Å². The molecule has 0 spiro atoms. The van der Waals surface area contributed by atoms with E-state index in [1.54, 1.807) is 18.7 Å². The van der Waals surface area contributed by atoms with Gasteiger partial charge in [-0.3, -0.25) is 0 Å². The standard InChI is InChI=1S/C14H13BrOS/c1-10(16)13-4-2-3-5-14(13)17-12-8-6-11(15)7-9-12/h2-10,16H,1H3. The van der Waals surface area contributed by atoms with Crippen LogP contribution in [-0.2, 0) is 0 Å². The van der Waals surface area contributed by atoms with E-state index in [4.69, 9.17) is 0 Å². The van der Waals surface area contributed by atoms with E-state index in [2.05, 4.69) is 28.1 Å². The van der Waals surface area contributed by atoms with E-state index >= 15 is 0 Å². The first kappa shape index (κ1) is 12.7. The van der Waals surface area contributed by atoms with Gasteiger partial charge in [0.25, 0.3) is 0 Å². The van der Waals surface area contributed by atoms with Gasteiger partial charge in [-0.15, -0.1) is 0 Å². The number of halogens is 1. The molecule has 0 aliphatic carbocycles. The molecule has 0 fully saturated rings. The SMILES string of the molecule is CC(O)c1ccccc1Sc1ccc(Br)cc1. The first-order chi connectivity index (χ1) is 8.16. The van der Waals surface area contributed by atoms with Gasteiger partial charge in [-0.1, -0.05) is 45.9 Å². The monoisotopic (exact) mass is 308 g/mol. The second-order valence-corrected chi connectivity index (χ2v) is 5.80. The number of rotatable bonds is 3. The minimum Gasteiger partial charge on any atom is -0.389 e. The summed E-state index contributed by atoms with van der Waals surface area (Å²) >= 11 is 5.09. The van der Waals surface area contributed by atoms with Gasteiger partial charge in [0, 0.05) is 14.3 Å². The maximum Gasteiger partial charge on any atom is 0.0772 e. The van der Waals surface area contributed by atoms with Crippen LogP contribution in [0.3, 0.4) is 0 Å². The highest BCUT2D eigenvalue weighted by Gasteiger charge is 2.08. The average molecular weight is 309 g/mol. The zero-order valence-electron chi connectivity index (χ0n) is 9.43. The smallest absolute Gasteiger partial charge is 0.0772 e. The highest BCUT2D eigenvalue weighted by molar-refractivity contribution is 9.10. The highest BCUT2D eigenvalue weighted by Crippen LogP contribution is 2.33. The molecule has 0 aliphatic heterocycles. The van der Waals surface area contributed by atoms with Crippen LogP contribution in [-0.4, -0.2) is 5.11 Å². The predicted molar refractivity (Wildman–Crippen MR) is 75.3 cm³/mol. The lowest BCUT2D eigenvalue weighted by Gasteiger charge is -2.11. The highest BCUT2D eigenvalue weighted by atomic mass is 79.9. The lowest BCUT2D eigenvalue weighted by molar-refractivity contribution is 0.196. The van der Waals surface area contributed by atoms with Crippen molar-refractivity contribution in [2.45, 2.75) is 22.8 Å². The summed E-state index contributed by atoms with van der Waals surface area (Å²) in [5, 5.41) is 9.71. The number of benzene rings is 2. The van der Waals surface area contributed by atoms with Crippen LogP contribution < -0.4 is 0 Å². The van der Waals surface area contributed by atoms with Gasteiger partial charge in [-0.05, 0) is 42.8 Å². The molecule has 0 saturated carbocycles. The molecule has 88 valence electrons. The van der Waals surface area contributed by atoms with Crippen molar-refractivity contribution in [2.24, 2.45) is 0 Å². The Morgan fingerprint density at radius 3 is 2.35 bits per heavy atom.